The lowest BCUT2D eigenvalue weighted by molar-refractivity contribution is -0.155. The molecule has 1 fully saturated rings. The first kappa shape index (κ1) is 24.3. The zero-order chi connectivity index (χ0) is 23.1. The molecule has 1 aliphatic heterocycles. The quantitative estimate of drug-likeness (QED) is 0.440. The number of H-pyrrole nitrogens is 1. The first-order valence-corrected chi connectivity index (χ1v) is 10.3. The summed E-state index contributed by atoms with van der Waals surface area (Å²) in [6.07, 6.45) is 0.167. The van der Waals surface area contributed by atoms with Gasteiger partial charge in [0.05, 0.1) is 24.5 Å². The first-order chi connectivity index (χ1) is 14.7. The van der Waals surface area contributed by atoms with Crippen LogP contribution in [0, 0.1) is 5.92 Å². The van der Waals surface area contributed by atoms with Crippen molar-refractivity contribution in [3.63, 3.8) is 0 Å². The third kappa shape index (κ3) is 6.27. The van der Waals surface area contributed by atoms with Crippen molar-refractivity contribution in [1.29, 1.82) is 0 Å². The zero-order valence-corrected chi connectivity index (χ0v) is 17.9. The van der Waals surface area contributed by atoms with Crippen LogP contribution in [0.5, 0.6) is 0 Å². The molecule has 1 aliphatic rings. The number of carboxylic acids is 1. The molecule has 2 rings (SSSR count). The summed E-state index contributed by atoms with van der Waals surface area (Å²) in [5.74, 6) is -2.33. The maximum Gasteiger partial charge on any atom is 0.328 e. The van der Waals surface area contributed by atoms with Crippen LogP contribution in [0.25, 0.3) is 0 Å². The standard InChI is InChI=1S/C20H29N3O8/c1-4-5-13-11(2)17(31-16(27)7-6-15(25)26)18(30-13)12-10-23(9-8-14(24)21-3)20(29)22-19(12)28/h10-11,13,17-18H,4-9H2,1-3H3,(H,21,24)(H,25,26)(H,22,28,29). The Bertz CT molecular complexity index is 922. The molecule has 0 bridgehead atoms. The molecule has 2 heterocycles. The number of hydrogen-bond acceptors (Lipinski definition) is 7. The van der Waals surface area contributed by atoms with E-state index in [4.69, 9.17) is 14.6 Å². The Kier molecular flexibility index (Phi) is 8.55. The van der Waals surface area contributed by atoms with E-state index in [1.54, 1.807) is 0 Å². The Hall–Kier alpha value is -2.95. The number of amides is 1. The Morgan fingerprint density at radius 3 is 2.58 bits per heavy atom. The fourth-order valence-corrected chi connectivity index (χ4v) is 3.57. The second kappa shape index (κ2) is 10.9. The fourth-order valence-electron chi connectivity index (χ4n) is 3.57. The molecule has 172 valence electrons. The molecular formula is C20H29N3O8. The number of aryl methyl sites for hydroxylation is 1. The van der Waals surface area contributed by atoms with Crippen molar-refractivity contribution in [3.05, 3.63) is 32.6 Å². The molecule has 0 spiro atoms. The molecule has 0 radical (unpaired) electrons. The number of ether oxygens (including phenoxy) is 2. The molecule has 3 N–H and O–H groups in total. The van der Waals surface area contributed by atoms with Crippen LogP contribution in [-0.4, -0.2) is 51.8 Å². The average Bonchev–Trinajstić information content (AvgIpc) is 3.01. The molecule has 11 nitrogen and oxygen atoms in total. The minimum atomic E-state index is -1.12. The van der Waals surface area contributed by atoms with Gasteiger partial charge in [0.15, 0.2) is 0 Å². The molecule has 1 aromatic heterocycles. The summed E-state index contributed by atoms with van der Waals surface area (Å²) in [4.78, 5) is 61.3. The Morgan fingerprint density at radius 1 is 1.26 bits per heavy atom. The van der Waals surface area contributed by atoms with E-state index in [1.807, 2.05) is 13.8 Å². The summed E-state index contributed by atoms with van der Waals surface area (Å²) >= 11 is 0. The van der Waals surface area contributed by atoms with Crippen LogP contribution in [0.2, 0.25) is 0 Å². The minimum Gasteiger partial charge on any atom is -0.481 e. The van der Waals surface area contributed by atoms with E-state index >= 15 is 0 Å². The summed E-state index contributed by atoms with van der Waals surface area (Å²) < 4.78 is 12.8. The normalized spacial score (nSPS) is 22.8. The number of esters is 1. The number of nitrogens with one attached hydrogen (secondary N) is 2. The fraction of sp³-hybridized carbons (Fsp3) is 0.650. The lowest BCUT2D eigenvalue weighted by atomic mass is 9.93. The molecular weight excluding hydrogens is 410 g/mol. The molecule has 11 heteroatoms. The van der Waals surface area contributed by atoms with Gasteiger partial charge in [-0.2, -0.15) is 0 Å². The van der Waals surface area contributed by atoms with Gasteiger partial charge in [0.2, 0.25) is 5.91 Å². The van der Waals surface area contributed by atoms with Crippen LogP contribution >= 0.6 is 0 Å². The van der Waals surface area contributed by atoms with Gasteiger partial charge in [-0.05, 0) is 6.42 Å². The molecule has 0 saturated carbocycles. The number of aromatic amines is 1. The van der Waals surface area contributed by atoms with Gasteiger partial charge in [0.25, 0.3) is 5.56 Å². The average molecular weight is 439 g/mol. The molecule has 4 unspecified atom stereocenters. The third-order valence-corrected chi connectivity index (χ3v) is 5.31. The maximum absolute atomic E-state index is 12.5. The van der Waals surface area contributed by atoms with Gasteiger partial charge in [-0.25, -0.2) is 4.79 Å². The largest absolute Gasteiger partial charge is 0.481 e. The number of aromatic nitrogens is 2. The van der Waals surface area contributed by atoms with Gasteiger partial charge in [0, 0.05) is 32.1 Å². The van der Waals surface area contributed by atoms with Crippen LogP contribution in [0.1, 0.15) is 57.6 Å². The molecule has 1 aromatic rings. The number of carbonyl (C=O) groups excluding carboxylic acids is 2. The van der Waals surface area contributed by atoms with Crippen molar-refractivity contribution in [3.8, 4) is 0 Å². The SMILES string of the molecule is CCCC1OC(c2cn(CCC(=O)NC)c(=O)[nH]c2=O)C(OC(=O)CCC(=O)O)C1C. The number of rotatable bonds is 10. The molecule has 0 aromatic carbocycles. The van der Waals surface area contributed by atoms with Crippen LogP contribution in [-0.2, 0) is 30.4 Å². The van der Waals surface area contributed by atoms with E-state index in [9.17, 15) is 24.0 Å². The summed E-state index contributed by atoms with van der Waals surface area (Å²) in [5, 5.41) is 11.2. The van der Waals surface area contributed by atoms with Gasteiger partial charge < -0.3 is 19.9 Å². The molecule has 4 atom stereocenters. The van der Waals surface area contributed by atoms with Crippen molar-refractivity contribution in [1.82, 2.24) is 14.9 Å². The highest BCUT2D eigenvalue weighted by molar-refractivity contribution is 5.76. The Morgan fingerprint density at radius 2 is 1.97 bits per heavy atom. The summed E-state index contributed by atoms with van der Waals surface area (Å²) in [5.41, 5.74) is -1.22. The molecule has 1 amide bonds. The van der Waals surface area contributed by atoms with Gasteiger partial charge in [-0.15, -0.1) is 0 Å². The second-order valence-electron chi connectivity index (χ2n) is 7.55. The number of carboxylic acid groups (broad SMARTS) is 1. The van der Waals surface area contributed by atoms with Crippen molar-refractivity contribution in [2.45, 2.75) is 70.8 Å². The minimum absolute atomic E-state index is 0.0376. The lowest BCUT2D eigenvalue weighted by Gasteiger charge is -2.22. The Labute approximate surface area is 178 Å². The van der Waals surface area contributed by atoms with Crippen molar-refractivity contribution in [2.75, 3.05) is 7.05 Å². The third-order valence-electron chi connectivity index (χ3n) is 5.31. The van der Waals surface area contributed by atoms with Crippen LogP contribution in [0.15, 0.2) is 15.8 Å². The van der Waals surface area contributed by atoms with E-state index < -0.39 is 35.4 Å². The Balaban J connectivity index is 2.33. The van der Waals surface area contributed by atoms with Gasteiger partial charge in [-0.3, -0.25) is 28.7 Å². The van der Waals surface area contributed by atoms with Crippen LogP contribution < -0.4 is 16.6 Å². The highest BCUT2D eigenvalue weighted by atomic mass is 16.6. The predicted molar refractivity (Wildman–Crippen MR) is 108 cm³/mol. The zero-order valence-electron chi connectivity index (χ0n) is 17.9. The van der Waals surface area contributed by atoms with E-state index in [0.717, 1.165) is 6.42 Å². The van der Waals surface area contributed by atoms with Gasteiger partial charge in [-0.1, -0.05) is 20.3 Å². The highest BCUT2D eigenvalue weighted by Gasteiger charge is 2.45. The van der Waals surface area contributed by atoms with Crippen molar-refractivity contribution >= 4 is 17.8 Å². The summed E-state index contributed by atoms with van der Waals surface area (Å²) in [6.45, 7) is 3.86. The van der Waals surface area contributed by atoms with E-state index in [-0.39, 0.29) is 49.3 Å². The topological polar surface area (TPSA) is 157 Å². The van der Waals surface area contributed by atoms with Gasteiger partial charge >= 0.3 is 17.6 Å². The molecule has 1 saturated heterocycles. The summed E-state index contributed by atoms with van der Waals surface area (Å²) in [6, 6.07) is 0. The molecule has 31 heavy (non-hydrogen) atoms. The second-order valence-corrected chi connectivity index (χ2v) is 7.55. The van der Waals surface area contributed by atoms with Gasteiger partial charge in [0.1, 0.15) is 12.2 Å². The van der Waals surface area contributed by atoms with Crippen LogP contribution in [0.3, 0.4) is 0 Å². The van der Waals surface area contributed by atoms with E-state index in [0.29, 0.717) is 6.42 Å². The number of nitrogens with zero attached hydrogens (tertiary/aromatic N) is 1. The predicted octanol–water partition coefficient (Wildman–Crippen LogP) is 0.325. The first-order valence-electron chi connectivity index (χ1n) is 10.3. The summed E-state index contributed by atoms with van der Waals surface area (Å²) in [7, 11) is 1.48. The van der Waals surface area contributed by atoms with Crippen LogP contribution in [0.4, 0.5) is 0 Å². The number of aliphatic carboxylic acids is 1. The van der Waals surface area contributed by atoms with Crippen molar-refractivity contribution in [2.24, 2.45) is 5.92 Å². The monoisotopic (exact) mass is 439 g/mol. The highest BCUT2D eigenvalue weighted by Crippen LogP contribution is 2.40. The lowest BCUT2D eigenvalue weighted by Crippen LogP contribution is -2.36. The smallest absolute Gasteiger partial charge is 0.328 e. The number of hydrogen-bond donors (Lipinski definition) is 3. The number of carbonyl (C=O) groups is 3. The van der Waals surface area contributed by atoms with Crippen molar-refractivity contribution < 1.29 is 29.0 Å². The van der Waals surface area contributed by atoms with E-state index in [2.05, 4.69) is 10.3 Å². The maximum atomic E-state index is 12.5. The molecule has 0 aliphatic carbocycles. The van der Waals surface area contributed by atoms with E-state index in [1.165, 1.54) is 17.8 Å².